The second-order valence-electron chi connectivity index (χ2n) is 3.26. The quantitative estimate of drug-likeness (QED) is 0.577. The third kappa shape index (κ3) is 2.77. The highest BCUT2D eigenvalue weighted by Gasteiger charge is 2.17. The molecule has 0 bridgehead atoms. The zero-order chi connectivity index (χ0) is 13.0. The molecule has 1 amide bonds. The van der Waals surface area contributed by atoms with Crippen LogP contribution in [0.1, 0.15) is 13.0 Å². The summed E-state index contributed by atoms with van der Waals surface area (Å²) in [6.45, 7) is 1.62. The van der Waals surface area contributed by atoms with E-state index in [0.29, 0.717) is 0 Å². The average molecular weight is 255 g/mol. The first-order valence-electron chi connectivity index (χ1n) is 4.72. The zero-order valence-corrected chi connectivity index (χ0v) is 9.86. The molecular formula is C10H11ClN4O2. The topological polar surface area (TPSA) is 90.0 Å². The van der Waals surface area contributed by atoms with Gasteiger partial charge in [0.25, 0.3) is 5.56 Å². The van der Waals surface area contributed by atoms with Crippen molar-refractivity contribution in [1.29, 1.82) is 0 Å². The molecule has 1 rings (SSSR count). The summed E-state index contributed by atoms with van der Waals surface area (Å²) in [6.07, 6.45) is 6.17. The number of halogens is 1. The monoisotopic (exact) mass is 254 g/mol. The molecule has 0 aliphatic carbocycles. The number of anilines is 1. The molecule has 1 aromatic rings. The average Bonchev–Trinajstić information content (AvgIpc) is 2.32. The lowest BCUT2D eigenvalue weighted by Crippen LogP contribution is -2.36. The van der Waals surface area contributed by atoms with E-state index in [1.165, 1.54) is 13.3 Å². The van der Waals surface area contributed by atoms with Crippen LogP contribution in [0.3, 0.4) is 0 Å². The van der Waals surface area contributed by atoms with E-state index in [0.717, 1.165) is 4.57 Å². The fraction of sp³-hybridized carbons (Fsp3) is 0.300. The summed E-state index contributed by atoms with van der Waals surface area (Å²) in [5.41, 5.74) is 4.68. The van der Waals surface area contributed by atoms with Crippen molar-refractivity contribution in [3.63, 3.8) is 0 Å². The van der Waals surface area contributed by atoms with Crippen molar-refractivity contribution in [2.24, 2.45) is 0 Å². The molecule has 0 fully saturated rings. The number of nitrogen functional groups attached to an aromatic ring is 1. The minimum Gasteiger partial charge on any atom is -0.392 e. The van der Waals surface area contributed by atoms with Gasteiger partial charge in [-0.2, -0.15) is 0 Å². The molecule has 0 aromatic carbocycles. The molecule has 0 saturated carbocycles. The molecule has 1 unspecified atom stereocenters. The number of nitrogens with one attached hydrogen (secondary N) is 1. The lowest BCUT2D eigenvalue weighted by atomic mass is 10.3. The number of hydrogen-bond donors (Lipinski definition) is 2. The first-order chi connectivity index (χ1) is 7.99. The number of nitrogens with two attached hydrogens (primary N) is 1. The minimum absolute atomic E-state index is 0.0810. The first kappa shape index (κ1) is 13.1. The Morgan fingerprint density at radius 1 is 1.82 bits per heavy atom. The van der Waals surface area contributed by atoms with E-state index in [1.807, 2.05) is 0 Å². The van der Waals surface area contributed by atoms with E-state index >= 15 is 0 Å². The number of terminal acetylenes is 1. The molecule has 0 saturated heterocycles. The Kier molecular flexibility index (Phi) is 4.12. The Morgan fingerprint density at radius 2 is 2.47 bits per heavy atom. The van der Waals surface area contributed by atoms with Crippen LogP contribution in [-0.4, -0.2) is 22.0 Å². The summed E-state index contributed by atoms with van der Waals surface area (Å²) < 4.78 is 1.09. The van der Waals surface area contributed by atoms with Crippen LogP contribution in [-0.2, 0) is 4.79 Å². The van der Waals surface area contributed by atoms with Crippen molar-refractivity contribution < 1.29 is 4.79 Å². The molecule has 0 spiro atoms. The number of aromatic nitrogens is 2. The molecule has 3 N–H and O–H groups in total. The SMILES string of the molecule is C#CCNC(=O)C(C)n1cnc(Cl)c(N)c1=O. The smallest absolute Gasteiger partial charge is 0.278 e. The van der Waals surface area contributed by atoms with Gasteiger partial charge in [-0.1, -0.05) is 17.5 Å². The number of nitrogens with zero attached hydrogens (tertiary/aromatic N) is 2. The van der Waals surface area contributed by atoms with Gasteiger partial charge in [-0.05, 0) is 6.92 Å². The maximum atomic E-state index is 11.7. The highest BCUT2D eigenvalue weighted by Crippen LogP contribution is 2.10. The summed E-state index contributed by atoms with van der Waals surface area (Å²) in [5.74, 6) is 1.86. The van der Waals surface area contributed by atoms with Crippen LogP contribution < -0.4 is 16.6 Å². The van der Waals surface area contributed by atoms with Crippen LogP contribution in [0.5, 0.6) is 0 Å². The summed E-state index contributed by atoms with van der Waals surface area (Å²) in [7, 11) is 0. The summed E-state index contributed by atoms with van der Waals surface area (Å²) >= 11 is 5.58. The standard InChI is InChI=1S/C10H11ClN4O2/c1-3-4-13-9(16)6(2)15-5-14-8(11)7(12)10(15)17/h1,5-6H,4,12H2,2H3,(H,13,16). The number of carbonyl (C=O) groups is 1. The second-order valence-corrected chi connectivity index (χ2v) is 3.62. The van der Waals surface area contributed by atoms with Gasteiger partial charge in [0.05, 0.1) is 6.54 Å². The maximum absolute atomic E-state index is 11.7. The summed E-state index contributed by atoms with van der Waals surface area (Å²) in [6, 6.07) is -0.761. The van der Waals surface area contributed by atoms with E-state index < -0.39 is 17.5 Å². The fourth-order valence-electron chi connectivity index (χ4n) is 1.15. The number of rotatable bonds is 3. The maximum Gasteiger partial charge on any atom is 0.278 e. The highest BCUT2D eigenvalue weighted by atomic mass is 35.5. The molecular weight excluding hydrogens is 244 g/mol. The molecule has 0 aliphatic rings. The number of carbonyl (C=O) groups excluding carboxylic acids is 1. The molecule has 6 nitrogen and oxygen atoms in total. The highest BCUT2D eigenvalue weighted by molar-refractivity contribution is 6.31. The molecule has 90 valence electrons. The largest absolute Gasteiger partial charge is 0.392 e. The van der Waals surface area contributed by atoms with Gasteiger partial charge in [0.2, 0.25) is 5.91 Å². The van der Waals surface area contributed by atoms with Crippen LogP contribution in [0.15, 0.2) is 11.1 Å². The van der Waals surface area contributed by atoms with Crippen LogP contribution in [0.4, 0.5) is 5.69 Å². The molecule has 1 heterocycles. The lowest BCUT2D eigenvalue weighted by molar-refractivity contribution is -0.123. The van der Waals surface area contributed by atoms with E-state index in [9.17, 15) is 9.59 Å². The molecule has 0 radical (unpaired) electrons. The Balaban J connectivity index is 3.02. The number of amides is 1. The van der Waals surface area contributed by atoms with Crippen molar-refractivity contribution in [2.45, 2.75) is 13.0 Å². The van der Waals surface area contributed by atoms with E-state index in [4.69, 9.17) is 23.8 Å². The van der Waals surface area contributed by atoms with Gasteiger partial charge < -0.3 is 11.1 Å². The molecule has 1 atom stereocenters. The van der Waals surface area contributed by atoms with E-state index in [2.05, 4.69) is 16.2 Å². The first-order valence-corrected chi connectivity index (χ1v) is 5.10. The minimum atomic E-state index is -0.761. The van der Waals surface area contributed by atoms with Crippen LogP contribution in [0.2, 0.25) is 5.15 Å². The predicted molar refractivity (Wildman–Crippen MR) is 64.5 cm³/mol. The van der Waals surface area contributed by atoms with Crippen LogP contribution >= 0.6 is 11.6 Å². The van der Waals surface area contributed by atoms with Gasteiger partial charge >= 0.3 is 0 Å². The second kappa shape index (κ2) is 5.37. The van der Waals surface area contributed by atoms with Gasteiger partial charge in [-0.15, -0.1) is 6.42 Å². The van der Waals surface area contributed by atoms with Crippen molar-refractivity contribution >= 4 is 23.2 Å². The van der Waals surface area contributed by atoms with E-state index in [-0.39, 0.29) is 17.4 Å². The van der Waals surface area contributed by atoms with Crippen molar-refractivity contribution in [3.8, 4) is 12.3 Å². The van der Waals surface area contributed by atoms with Gasteiger partial charge in [0, 0.05) is 0 Å². The van der Waals surface area contributed by atoms with Gasteiger partial charge in [0.15, 0.2) is 5.15 Å². The Labute approximate surface area is 103 Å². The molecule has 1 aromatic heterocycles. The van der Waals surface area contributed by atoms with Crippen molar-refractivity contribution in [3.05, 3.63) is 21.8 Å². The third-order valence-corrected chi connectivity index (χ3v) is 2.45. The van der Waals surface area contributed by atoms with Crippen LogP contribution in [0.25, 0.3) is 0 Å². The predicted octanol–water partition coefficient (Wildman–Crippen LogP) is -0.211. The Morgan fingerprint density at radius 3 is 3.06 bits per heavy atom. The van der Waals surface area contributed by atoms with Crippen LogP contribution in [0, 0.1) is 12.3 Å². The normalized spacial score (nSPS) is 11.6. The molecule has 17 heavy (non-hydrogen) atoms. The Hall–Kier alpha value is -2.00. The summed E-state index contributed by atoms with van der Waals surface area (Å²) in [4.78, 5) is 27.0. The zero-order valence-electron chi connectivity index (χ0n) is 9.11. The number of hydrogen-bond acceptors (Lipinski definition) is 4. The third-order valence-electron chi connectivity index (χ3n) is 2.14. The van der Waals surface area contributed by atoms with Gasteiger partial charge in [-0.3, -0.25) is 14.2 Å². The molecule has 0 aliphatic heterocycles. The van der Waals surface area contributed by atoms with Gasteiger partial charge in [-0.25, -0.2) is 4.98 Å². The van der Waals surface area contributed by atoms with Crippen molar-refractivity contribution in [2.75, 3.05) is 12.3 Å². The van der Waals surface area contributed by atoms with Crippen molar-refractivity contribution in [1.82, 2.24) is 14.9 Å². The van der Waals surface area contributed by atoms with E-state index in [1.54, 1.807) is 0 Å². The Bertz CT molecular complexity index is 532. The molecule has 7 heteroatoms. The summed E-state index contributed by atoms with van der Waals surface area (Å²) in [5, 5.41) is 2.37. The van der Waals surface area contributed by atoms with Gasteiger partial charge in [0.1, 0.15) is 18.1 Å². The lowest BCUT2D eigenvalue weighted by Gasteiger charge is -2.14. The fourth-order valence-corrected chi connectivity index (χ4v) is 1.27.